The molecule has 5 nitrogen and oxygen atoms in total. The third-order valence-electron chi connectivity index (χ3n) is 2.98. The minimum absolute atomic E-state index is 0.0335. The van der Waals surface area contributed by atoms with E-state index in [1.165, 1.54) is 6.21 Å². The molecule has 0 amide bonds. The summed E-state index contributed by atoms with van der Waals surface area (Å²) in [5, 5.41) is 7.13. The highest BCUT2D eigenvalue weighted by atomic mass is 16.1. The zero-order valence-corrected chi connectivity index (χ0v) is 11.9. The van der Waals surface area contributed by atoms with E-state index in [9.17, 15) is 4.79 Å². The average molecular weight is 260 g/mol. The van der Waals surface area contributed by atoms with Crippen molar-refractivity contribution < 1.29 is 0 Å². The van der Waals surface area contributed by atoms with Gasteiger partial charge in [0.1, 0.15) is 0 Å². The van der Waals surface area contributed by atoms with Gasteiger partial charge in [0, 0.05) is 31.9 Å². The number of nitrogens with one attached hydrogen (secondary N) is 1. The van der Waals surface area contributed by atoms with Crippen LogP contribution in [0.1, 0.15) is 26.5 Å². The molecule has 0 aliphatic heterocycles. The number of hydrogen-bond acceptors (Lipinski definition) is 3. The van der Waals surface area contributed by atoms with Gasteiger partial charge in [-0.1, -0.05) is 20.8 Å². The average Bonchev–Trinajstić information content (AvgIpc) is 2.53. The lowest BCUT2D eigenvalue weighted by molar-refractivity contribution is 0.342. The van der Waals surface area contributed by atoms with E-state index in [1.54, 1.807) is 16.2 Å². The molecule has 5 heteroatoms. The van der Waals surface area contributed by atoms with Crippen LogP contribution in [0.4, 0.5) is 0 Å². The largest absolute Gasteiger partial charge is 0.330 e. The Morgan fingerprint density at radius 3 is 2.63 bits per heavy atom. The van der Waals surface area contributed by atoms with Gasteiger partial charge in [0.15, 0.2) is 5.65 Å². The fourth-order valence-corrected chi connectivity index (χ4v) is 2.16. The summed E-state index contributed by atoms with van der Waals surface area (Å²) < 4.78 is 3.35. The molecule has 0 fully saturated rings. The Labute approximate surface area is 112 Å². The van der Waals surface area contributed by atoms with E-state index in [4.69, 9.17) is 5.41 Å². The van der Waals surface area contributed by atoms with Crippen LogP contribution >= 0.6 is 0 Å². The van der Waals surface area contributed by atoms with E-state index < -0.39 is 0 Å². The van der Waals surface area contributed by atoms with Gasteiger partial charge in [-0.2, -0.15) is 0 Å². The Bertz CT molecular complexity index is 673. The molecule has 2 rings (SSSR count). The summed E-state index contributed by atoms with van der Waals surface area (Å²) in [6, 6.07) is 3.81. The van der Waals surface area contributed by atoms with E-state index in [2.05, 4.69) is 25.8 Å². The van der Waals surface area contributed by atoms with Gasteiger partial charge in [-0.25, -0.2) is 9.78 Å². The molecule has 19 heavy (non-hydrogen) atoms. The minimum Gasteiger partial charge on any atom is -0.313 e. The number of rotatable bonds is 3. The first-order valence-electron chi connectivity index (χ1n) is 6.37. The maximum absolute atomic E-state index is 12.3. The van der Waals surface area contributed by atoms with Crippen LogP contribution in [0, 0.1) is 10.8 Å². The Hall–Kier alpha value is -1.91. The molecule has 0 bridgehead atoms. The molecule has 2 heterocycles. The van der Waals surface area contributed by atoms with Gasteiger partial charge in [-0.3, -0.25) is 9.13 Å². The molecular weight excluding hydrogens is 240 g/mol. The van der Waals surface area contributed by atoms with Gasteiger partial charge in [0.05, 0.1) is 5.52 Å². The summed E-state index contributed by atoms with van der Waals surface area (Å²) in [5.41, 5.74) is 2.35. The monoisotopic (exact) mass is 260 g/mol. The van der Waals surface area contributed by atoms with Crippen LogP contribution < -0.4 is 5.69 Å². The van der Waals surface area contributed by atoms with Gasteiger partial charge in [-0.05, 0) is 17.5 Å². The van der Waals surface area contributed by atoms with E-state index in [0.29, 0.717) is 18.6 Å². The first-order valence-corrected chi connectivity index (χ1v) is 6.37. The first-order chi connectivity index (χ1) is 8.83. The normalized spacial score (nSPS) is 12.0. The van der Waals surface area contributed by atoms with Crippen LogP contribution in [0.5, 0.6) is 0 Å². The smallest absolute Gasteiger partial charge is 0.313 e. The van der Waals surface area contributed by atoms with Gasteiger partial charge in [-0.15, -0.1) is 0 Å². The molecule has 2 aromatic rings. The number of aryl methyl sites for hydroxylation is 1. The van der Waals surface area contributed by atoms with Gasteiger partial charge in [0.25, 0.3) is 0 Å². The molecular formula is C14H20N4O. The van der Waals surface area contributed by atoms with Crippen molar-refractivity contribution in [3.63, 3.8) is 0 Å². The second-order valence-electron chi connectivity index (χ2n) is 6.04. The van der Waals surface area contributed by atoms with E-state index in [-0.39, 0.29) is 11.1 Å². The predicted molar refractivity (Wildman–Crippen MR) is 76.9 cm³/mol. The zero-order valence-electron chi connectivity index (χ0n) is 11.9. The molecule has 1 N–H and O–H groups in total. The van der Waals surface area contributed by atoms with Crippen LogP contribution in [-0.2, 0) is 20.0 Å². The van der Waals surface area contributed by atoms with Crippen LogP contribution in [-0.4, -0.2) is 20.3 Å². The van der Waals surface area contributed by atoms with Crippen LogP contribution in [0.25, 0.3) is 11.2 Å². The van der Waals surface area contributed by atoms with Crippen LogP contribution in [0.15, 0.2) is 16.9 Å². The highest BCUT2D eigenvalue weighted by Gasteiger charge is 2.18. The fourth-order valence-electron chi connectivity index (χ4n) is 2.16. The summed E-state index contributed by atoms with van der Waals surface area (Å²) >= 11 is 0. The Balaban J connectivity index is 2.63. The molecule has 0 spiro atoms. The molecule has 0 aromatic carbocycles. The van der Waals surface area contributed by atoms with Crippen molar-refractivity contribution in [2.45, 2.75) is 33.7 Å². The van der Waals surface area contributed by atoms with E-state index in [0.717, 1.165) is 11.2 Å². The lowest BCUT2D eigenvalue weighted by atomic mass is 9.97. The molecule has 0 aliphatic carbocycles. The standard InChI is InChI=1S/C14H20N4O/c1-14(2,3)9-18-11-6-5-10(7-8-15)16-12(11)17(4)13(18)19/h5-6,8,15H,7,9H2,1-4H3. The Morgan fingerprint density at radius 2 is 2.05 bits per heavy atom. The third kappa shape index (κ3) is 2.59. The topological polar surface area (TPSA) is 63.7 Å². The second-order valence-corrected chi connectivity index (χ2v) is 6.04. The molecule has 0 aliphatic rings. The molecule has 0 radical (unpaired) electrons. The Kier molecular flexibility index (Phi) is 3.30. The van der Waals surface area contributed by atoms with Crippen molar-refractivity contribution in [1.29, 1.82) is 5.41 Å². The van der Waals surface area contributed by atoms with Crippen LogP contribution in [0.3, 0.4) is 0 Å². The number of pyridine rings is 1. The Morgan fingerprint density at radius 1 is 1.37 bits per heavy atom. The van der Waals surface area contributed by atoms with Crippen molar-refractivity contribution >= 4 is 17.4 Å². The fraction of sp³-hybridized carbons (Fsp3) is 0.500. The van der Waals surface area contributed by atoms with Crippen molar-refractivity contribution in [2.75, 3.05) is 0 Å². The van der Waals surface area contributed by atoms with Crippen molar-refractivity contribution in [3.8, 4) is 0 Å². The summed E-state index contributed by atoms with van der Waals surface area (Å²) in [5.74, 6) is 0. The van der Waals surface area contributed by atoms with Crippen molar-refractivity contribution in [1.82, 2.24) is 14.1 Å². The van der Waals surface area contributed by atoms with Crippen LogP contribution in [0.2, 0.25) is 0 Å². The van der Waals surface area contributed by atoms with Crippen molar-refractivity contribution in [2.24, 2.45) is 12.5 Å². The first kappa shape index (κ1) is 13.5. The number of hydrogen-bond donors (Lipinski definition) is 1. The quantitative estimate of drug-likeness (QED) is 0.858. The van der Waals surface area contributed by atoms with Gasteiger partial charge >= 0.3 is 5.69 Å². The highest BCUT2D eigenvalue weighted by molar-refractivity contribution is 5.72. The molecule has 0 atom stereocenters. The molecule has 2 aromatic heterocycles. The lowest BCUT2D eigenvalue weighted by Crippen LogP contribution is -2.27. The molecule has 0 saturated heterocycles. The van der Waals surface area contributed by atoms with E-state index >= 15 is 0 Å². The molecule has 0 unspecified atom stereocenters. The zero-order chi connectivity index (χ0) is 14.2. The maximum atomic E-state index is 12.3. The predicted octanol–water partition coefficient (Wildman–Crippen LogP) is 1.97. The highest BCUT2D eigenvalue weighted by Crippen LogP contribution is 2.19. The summed E-state index contributed by atoms with van der Waals surface area (Å²) in [6.07, 6.45) is 1.81. The minimum atomic E-state index is -0.0376. The SMILES string of the molecule is Cn1c(=O)n(CC(C)(C)C)c2ccc(CC=N)nc21. The van der Waals surface area contributed by atoms with Crippen molar-refractivity contribution in [3.05, 3.63) is 28.3 Å². The van der Waals surface area contributed by atoms with Gasteiger partial charge in [0.2, 0.25) is 0 Å². The number of aromatic nitrogens is 3. The lowest BCUT2D eigenvalue weighted by Gasteiger charge is -2.18. The summed E-state index contributed by atoms with van der Waals surface area (Å²) in [7, 11) is 1.74. The number of fused-ring (bicyclic) bond motifs is 1. The van der Waals surface area contributed by atoms with Gasteiger partial charge < -0.3 is 5.41 Å². The third-order valence-corrected chi connectivity index (χ3v) is 2.98. The molecule has 0 saturated carbocycles. The number of imidazole rings is 1. The number of nitrogens with zero attached hydrogens (tertiary/aromatic N) is 3. The summed E-state index contributed by atoms with van der Waals surface area (Å²) in [4.78, 5) is 16.7. The van der Waals surface area contributed by atoms with E-state index in [1.807, 2.05) is 12.1 Å². The maximum Gasteiger partial charge on any atom is 0.330 e. The second kappa shape index (κ2) is 4.64. The summed E-state index contributed by atoms with van der Waals surface area (Å²) in [6.45, 7) is 6.98. The molecule has 102 valence electrons.